The Bertz CT molecular complexity index is 149. The number of carbonyl (C=O) groups excluding carboxylic acids is 1. The van der Waals surface area contributed by atoms with Gasteiger partial charge in [0.05, 0.1) is 0 Å². The van der Waals surface area contributed by atoms with Gasteiger partial charge in [0.2, 0.25) is 0 Å². The minimum Gasteiger partial charge on any atom is -0.302 e. The van der Waals surface area contributed by atoms with Crippen molar-refractivity contribution in [3.05, 3.63) is 12.2 Å². The molecule has 1 unspecified atom stereocenters. The van der Waals surface area contributed by atoms with Crippen molar-refractivity contribution in [1.82, 2.24) is 0 Å². The van der Waals surface area contributed by atoms with Crippen LogP contribution in [0.15, 0.2) is 12.2 Å². The smallest absolute Gasteiger partial charge is 0.129 e. The average molecular weight is 138 g/mol. The molecule has 0 saturated heterocycles. The fourth-order valence-electron chi connectivity index (χ4n) is 1.43. The molecule has 0 aliphatic heterocycles. The van der Waals surface area contributed by atoms with Crippen LogP contribution in [0.25, 0.3) is 0 Å². The summed E-state index contributed by atoms with van der Waals surface area (Å²) < 4.78 is 0. The van der Waals surface area contributed by atoms with E-state index in [1.54, 1.807) is 0 Å². The molecule has 0 spiro atoms. The van der Waals surface area contributed by atoms with Gasteiger partial charge in [-0.1, -0.05) is 19.1 Å². The van der Waals surface area contributed by atoms with Crippen LogP contribution in [0.1, 0.15) is 32.6 Å². The van der Waals surface area contributed by atoms with E-state index in [2.05, 4.69) is 19.1 Å². The van der Waals surface area contributed by atoms with Crippen LogP contribution in [0.3, 0.4) is 0 Å². The van der Waals surface area contributed by atoms with Crippen molar-refractivity contribution >= 4 is 6.29 Å². The van der Waals surface area contributed by atoms with Crippen LogP contribution in [0, 0.1) is 5.41 Å². The molecule has 56 valence electrons. The van der Waals surface area contributed by atoms with Crippen molar-refractivity contribution in [2.24, 2.45) is 5.41 Å². The van der Waals surface area contributed by atoms with Gasteiger partial charge in [0, 0.05) is 5.41 Å². The first-order valence-electron chi connectivity index (χ1n) is 3.97. The third-order valence-electron chi connectivity index (χ3n) is 2.36. The molecule has 0 saturated carbocycles. The van der Waals surface area contributed by atoms with Gasteiger partial charge in [0.25, 0.3) is 0 Å². The molecule has 0 bridgehead atoms. The van der Waals surface area contributed by atoms with Gasteiger partial charge in [-0.2, -0.15) is 0 Å². The lowest BCUT2D eigenvalue weighted by atomic mass is 9.78. The van der Waals surface area contributed by atoms with Crippen LogP contribution < -0.4 is 0 Å². The normalized spacial score (nSPS) is 32.1. The maximum absolute atomic E-state index is 10.7. The monoisotopic (exact) mass is 138 g/mol. The Kier molecular flexibility index (Phi) is 2.25. The van der Waals surface area contributed by atoms with E-state index in [0.717, 1.165) is 25.5 Å². The number of aldehydes is 1. The number of hydrogen-bond acceptors (Lipinski definition) is 1. The van der Waals surface area contributed by atoms with E-state index in [9.17, 15) is 4.79 Å². The second kappa shape index (κ2) is 3.00. The summed E-state index contributed by atoms with van der Waals surface area (Å²) in [5.41, 5.74) is -0.0990. The Hall–Kier alpha value is -0.590. The fraction of sp³-hybridized carbons (Fsp3) is 0.667. The fourth-order valence-corrected chi connectivity index (χ4v) is 1.43. The van der Waals surface area contributed by atoms with Gasteiger partial charge in [-0.15, -0.1) is 0 Å². The molecule has 10 heavy (non-hydrogen) atoms. The van der Waals surface area contributed by atoms with E-state index in [0.29, 0.717) is 0 Å². The zero-order chi connectivity index (χ0) is 7.45. The summed E-state index contributed by atoms with van der Waals surface area (Å²) in [5, 5.41) is 0. The molecule has 1 aliphatic rings. The number of carbonyl (C=O) groups is 1. The van der Waals surface area contributed by atoms with Crippen LogP contribution >= 0.6 is 0 Å². The minimum atomic E-state index is -0.0990. The maximum Gasteiger partial charge on any atom is 0.129 e. The SMILES string of the molecule is CCC1(C=O)C=CCCC1. The molecular weight excluding hydrogens is 124 g/mol. The quantitative estimate of drug-likeness (QED) is 0.423. The van der Waals surface area contributed by atoms with Gasteiger partial charge in [-0.3, -0.25) is 0 Å². The summed E-state index contributed by atoms with van der Waals surface area (Å²) in [6.07, 6.45) is 9.61. The standard InChI is InChI=1S/C9H14O/c1-2-9(8-10)6-4-3-5-7-9/h4,6,8H,2-3,5,7H2,1H3. The number of rotatable bonds is 2. The molecule has 0 aromatic heterocycles. The van der Waals surface area contributed by atoms with Gasteiger partial charge < -0.3 is 4.79 Å². The van der Waals surface area contributed by atoms with E-state index in [4.69, 9.17) is 0 Å². The van der Waals surface area contributed by atoms with Gasteiger partial charge in [-0.25, -0.2) is 0 Å². The summed E-state index contributed by atoms with van der Waals surface area (Å²) in [6, 6.07) is 0. The largest absolute Gasteiger partial charge is 0.302 e. The predicted molar refractivity (Wildman–Crippen MR) is 41.8 cm³/mol. The Balaban J connectivity index is 2.70. The van der Waals surface area contributed by atoms with Gasteiger partial charge in [0.1, 0.15) is 6.29 Å². The van der Waals surface area contributed by atoms with Crippen molar-refractivity contribution in [1.29, 1.82) is 0 Å². The summed E-state index contributed by atoms with van der Waals surface area (Å²) >= 11 is 0. The van der Waals surface area contributed by atoms with Gasteiger partial charge in [0.15, 0.2) is 0 Å². The first-order chi connectivity index (χ1) is 4.83. The highest BCUT2D eigenvalue weighted by Gasteiger charge is 2.25. The summed E-state index contributed by atoms with van der Waals surface area (Å²) in [7, 11) is 0. The molecule has 0 radical (unpaired) electrons. The first-order valence-corrected chi connectivity index (χ1v) is 3.97. The lowest BCUT2D eigenvalue weighted by molar-refractivity contribution is -0.114. The third-order valence-corrected chi connectivity index (χ3v) is 2.36. The highest BCUT2D eigenvalue weighted by Crippen LogP contribution is 2.31. The summed E-state index contributed by atoms with van der Waals surface area (Å²) in [6.45, 7) is 2.07. The molecule has 1 heteroatoms. The van der Waals surface area contributed by atoms with Crippen LogP contribution in [-0.2, 0) is 4.79 Å². The maximum atomic E-state index is 10.7. The molecule has 0 aromatic rings. The molecule has 1 aliphatic carbocycles. The molecule has 1 nitrogen and oxygen atoms in total. The van der Waals surface area contributed by atoms with E-state index < -0.39 is 0 Å². The van der Waals surface area contributed by atoms with E-state index in [1.807, 2.05) is 0 Å². The molecule has 0 heterocycles. The molecule has 0 fully saturated rings. The van der Waals surface area contributed by atoms with Crippen molar-refractivity contribution in [3.63, 3.8) is 0 Å². The lowest BCUT2D eigenvalue weighted by Crippen LogP contribution is -2.20. The molecular formula is C9H14O. The Morgan fingerprint density at radius 2 is 2.50 bits per heavy atom. The number of hydrogen-bond donors (Lipinski definition) is 0. The highest BCUT2D eigenvalue weighted by molar-refractivity contribution is 5.62. The second-order valence-corrected chi connectivity index (χ2v) is 3.00. The number of allylic oxidation sites excluding steroid dienone is 2. The Morgan fingerprint density at radius 1 is 1.70 bits per heavy atom. The highest BCUT2D eigenvalue weighted by atomic mass is 16.1. The zero-order valence-corrected chi connectivity index (χ0v) is 6.47. The average Bonchev–Trinajstić information content (AvgIpc) is 2.06. The molecule has 0 N–H and O–H groups in total. The predicted octanol–water partition coefficient (Wildman–Crippen LogP) is 2.32. The molecule has 1 atom stereocenters. The molecule has 0 amide bonds. The van der Waals surface area contributed by atoms with E-state index in [-0.39, 0.29) is 5.41 Å². The van der Waals surface area contributed by atoms with Crippen LogP contribution in [0.2, 0.25) is 0 Å². The lowest BCUT2D eigenvalue weighted by Gasteiger charge is -2.25. The summed E-state index contributed by atoms with van der Waals surface area (Å²) in [4.78, 5) is 10.7. The van der Waals surface area contributed by atoms with Crippen molar-refractivity contribution in [2.75, 3.05) is 0 Å². The van der Waals surface area contributed by atoms with Crippen LogP contribution in [0.5, 0.6) is 0 Å². The zero-order valence-electron chi connectivity index (χ0n) is 6.47. The second-order valence-electron chi connectivity index (χ2n) is 3.00. The van der Waals surface area contributed by atoms with Gasteiger partial charge in [-0.05, 0) is 25.7 Å². The first kappa shape index (κ1) is 7.52. The Morgan fingerprint density at radius 3 is 2.80 bits per heavy atom. The van der Waals surface area contributed by atoms with Crippen LogP contribution in [-0.4, -0.2) is 6.29 Å². The van der Waals surface area contributed by atoms with Crippen molar-refractivity contribution in [3.8, 4) is 0 Å². The van der Waals surface area contributed by atoms with E-state index >= 15 is 0 Å². The van der Waals surface area contributed by atoms with Gasteiger partial charge >= 0.3 is 0 Å². The summed E-state index contributed by atoms with van der Waals surface area (Å²) in [5.74, 6) is 0. The molecule has 0 aromatic carbocycles. The topological polar surface area (TPSA) is 17.1 Å². The van der Waals surface area contributed by atoms with Crippen LogP contribution in [0.4, 0.5) is 0 Å². The van der Waals surface area contributed by atoms with Crippen molar-refractivity contribution in [2.45, 2.75) is 32.6 Å². The van der Waals surface area contributed by atoms with E-state index in [1.165, 1.54) is 6.42 Å². The molecule has 1 rings (SSSR count). The third kappa shape index (κ3) is 1.28. The van der Waals surface area contributed by atoms with Crippen molar-refractivity contribution < 1.29 is 4.79 Å². The minimum absolute atomic E-state index is 0.0990. The Labute approximate surface area is 62.1 Å².